The maximum absolute atomic E-state index is 5.99. The molecule has 0 amide bonds. The van der Waals surface area contributed by atoms with Crippen LogP contribution < -0.4 is 11.5 Å². The number of unbranched alkanes of at least 4 members (excludes halogenated alkanes) is 12. The maximum atomic E-state index is 5.99. The Hall–Kier alpha value is -1.44. The number of nitrogen functional groups attached to an aromatic ring is 2. The Bertz CT molecular complexity index is 479. The first kappa shape index (κ1) is 22.6. The highest BCUT2D eigenvalue weighted by Gasteiger charge is 2.00. The molecular formula is C24H42N2. The second-order valence-corrected chi connectivity index (χ2v) is 7.65. The molecule has 0 aliphatic heterocycles. The summed E-state index contributed by atoms with van der Waals surface area (Å²) in [5.41, 5.74) is 14.7. The predicted molar refractivity (Wildman–Crippen MR) is 118 cm³/mol. The molecule has 1 rings (SSSR count). The zero-order valence-corrected chi connectivity index (χ0v) is 17.1. The van der Waals surface area contributed by atoms with Crippen molar-refractivity contribution in [2.45, 2.75) is 103 Å². The third kappa shape index (κ3) is 12.0. The molecule has 0 radical (unpaired) electrons. The van der Waals surface area contributed by atoms with Gasteiger partial charge in [0.25, 0.3) is 0 Å². The lowest BCUT2D eigenvalue weighted by Gasteiger charge is -2.06. The average Bonchev–Trinajstić information content (AvgIpc) is 2.64. The molecule has 4 N–H and O–H groups in total. The van der Waals surface area contributed by atoms with Crippen LogP contribution in [0, 0.1) is 0 Å². The monoisotopic (exact) mass is 358 g/mol. The maximum Gasteiger partial charge on any atom is 0.0348 e. The van der Waals surface area contributed by atoms with Gasteiger partial charge in [0, 0.05) is 11.4 Å². The van der Waals surface area contributed by atoms with Crippen molar-refractivity contribution in [3.63, 3.8) is 0 Å². The number of hydrogen-bond donors (Lipinski definition) is 2. The highest BCUT2D eigenvalue weighted by Crippen LogP contribution is 2.19. The number of anilines is 2. The number of nitrogens with two attached hydrogens (primary N) is 2. The van der Waals surface area contributed by atoms with Crippen LogP contribution in [0.5, 0.6) is 0 Å². The molecule has 0 unspecified atom stereocenters. The van der Waals surface area contributed by atoms with Crippen molar-refractivity contribution < 1.29 is 0 Å². The summed E-state index contributed by atoms with van der Waals surface area (Å²) in [6, 6.07) is 5.82. The predicted octanol–water partition coefficient (Wildman–Crippen LogP) is 7.43. The SMILES string of the molecule is CCCCCCCC/C=C\CCCCCCCCc1cc(N)ccc1N. The van der Waals surface area contributed by atoms with Crippen LogP contribution in [0.25, 0.3) is 0 Å². The van der Waals surface area contributed by atoms with Crippen LogP contribution in [0.4, 0.5) is 11.4 Å². The molecule has 1 aromatic rings. The van der Waals surface area contributed by atoms with E-state index in [1.54, 1.807) is 0 Å². The second kappa shape index (κ2) is 15.8. The van der Waals surface area contributed by atoms with Crippen molar-refractivity contribution in [2.24, 2.45) is 0 Å². The molecule has 2 nitrogen and oxygen atoms in total. The fraction of sp³-hybridized carbons (Fsp3) is 0.667. The smallest absolute Gasteiger partial charge is 0.0348 e. The summed E-state index contributed by atoms with van der Waals surface area (Å²) in [6.45, 7) is 2.28. The highest BCUT2D eigenvalue weighted by atomic mass is 14.6. The molecule has 0 spiro atoms. The largest absolute Gasteiger partial charge is 0.399 e. The first-order chi connectivity index (χ1) is 12.7. The zero-order chi connectivity index (χ0) is 18.9. The summed E-state index contributed by atoms with van der Waals surface area (Å²) in [7, 11) is 0. The van der Waals surface area contributed by atoms with Gasteiger partial charge in [-0.05, 0) is 62.3 Å². The van der Waals surface area contributed by atoms with Gasteiger partial charge >= 0.3 is 0 Å². The molecule has 2 heteroatoms. The van der Waals surface area contributed by atoms with Crippen molar-refractivity contribution in [2.75, 3.05) is 11.5 Å². The van der Waals surface area contributed by atoms with Gasteiger partial charge in [0.05, 0.1) is 0 Å². The van der Waals surface area contributed by atoms with Crippen LogP contribution in [0.1, 0.15) is 102 Å². The topological polar surface area (TPSA) is 52.0 Å². The van der Waals surface area contributed by atoms with E-state index in [2.05, 4.69) is 19.1 Å². The fourth-order valence-corrected chi connectivity index (χ4v) is 3.41. The molecule has 26 heavy (non-hydrogen) atoms. The molecule has 0 aliphatic carbocycles. The lowest BCUT2D eigenvalue weighted by Crippen LogP contribution is -1.96. The minimum absolute atomic E-state index is 0.818. The van der Waals surface area contributed by atoms with Crippen LogP contribution in [0.15, 0.2) is 30.4 Å². The van der Waals surface area contributed by atoms with E-state index < -0.39 is 0 Å². The van der Waals surface area contributed by atoms with Crippen molar-refractivity contribution in [3.8, 4) is 0 Å². The van der Waals surface area contributed by atoms with Crippen molar-refractivity contribution in [3.05, 3.63) is 35.9 Å². The van der Waals surface area contributed by atoms with Crippen LogP contribution >= 0.6 is 0 Å². The summed E-state index contributed by atoms with van der Waals surface area (Å²) >= 11 is 0. The molecule has 0 heterocycles. The summed E-state index contributed by atoms with van der Waals surface area (Å²) in [5.74, 6) is 0. The molecule has 0 aromatic heterocycles. The van der Waals surface area contributed by atoms with Gasteiger partial charge in [-0.2, -0.15) is 0 Å². The zero-order valence-electron chi connectivity index (χ0n) is 17.1. The Morgan fingerprint density at radius 3 is 1.85 bits per heavy atom. The summed E-state index contributed by atoms with van der Waals surface area (Å²) in [4.78, 5) is 0. The summed E-state index contributed by atoms with van der Waals surface area (Å²) in [6.07, 6.45) is 24.7. The quantitative estimate of drug-likeness (QED) is 0.183. The van der Waals surface area contributed by atoms with Gasteiger partial charge < -0.3 is 11.5 Å². The Balaban J connectivity index is 1.86. The molecular weight excluding hydrogens is 316 g/mol. The number of allylic oxidation sites excluding steroid dienone is 2. The Morgan fingerprint density at radius 2 is 1.23 bits per heavy atom. The van der Waals surface area contributed by atoms with Gasteiger partial charge in [0.1, 0.15) is 0 Å². The van der Waals surface area contributed by atoms with Gasteiger partial charge in [-0.3, -0.25) is 0 Å². The molecule has 0 saturated carbocycles. The Morgan fingerprint density at radius 1 is 0.692 bits per heavy atom. The number of aryl methyl sites for hydroxylation is 1. The van der Waals surface area contributed by atoms with E-state index in [0.717, 1.165) is 17.8 Å². The van der Waals surface area contributed by atoms with Crippen LogP contribution in [-0.4, -0.2) is 0 Å². The number of rotatable bonds is 16. The van der Waals surface area contributed by atoms with Gasteiger partial charge in [0.2, 0.25) is 0 Å². The van der Waals surface area contributed by atoms with E-state index in [1.165, 1.54) is 95.5 Å². The molecule has 0 aliphatic rings. The van der Waals surface area contributed by atoms with Gasteiger partial charge in [-0.15, -0.1) is 0 Å². The molecule has 0 saturated heterocycles. The van der Waals surface area contributed by atoms with Crippen LogP contribution in [-0.2, 0) is 6.42 Å². The van der Waals surface area contributed by atoms with Crippen molar-refractivity contribution in [1.82, 2.24) is 0 Å². The third-order valence-corrected chi connectivity index (χ3v) is 5.12. The van der Waals surface area contributed by atoms with E-state index in [4.69, 9.17) is 11.5 Å². The lowest BCUT2D eigenvalue weighted by atomic mass is 10.0. The minimum atomic E-state index is 0.818. The number of benzene rings is 1. The van der Waals surface area contributed by atoms with E-state index in [-0.39, 0.29) is 0 Å². The fourth-order valence-electron chi connectivity index (χ4n) is 3.41. The first-order valence-corrected chi connectivity index (χ1v) is 11.0. The molecule has 0 fully saturated rings. The summed E-state index contributed by atoms with van der Waals surface area (Å²) in [5, 5.41) is 0. The van der Waals surface area contributed by atoms with Crippen LogP contribution in [0.2, 0.25) is 0 Å². The Kier molecular flexibility index (Phi) is 13.7. The van der Waals surface area contributed by atoms with Crippen molar-refractivity contribution in [1.29, 1.82) is 0 Å². The van der Waals surface area contributed by atoms with Gasteiger partial charge in [-0.25, -0.2) is 0 Å². The highest BCUT2D eigenvalue weighted by molar-refractivity contribution is 5.55. The normalized spacial score (nSPS) is 11.4. The molecule has 0 bridgehead atoms. The molecule has 1 aromatic carbocycles. The second-order valence-electron chi connectivity index (χ2n) is 7.65. The molecule has 0 atom stereocenters. The number of hydrogen-bond acceptors (Lipinski definition) is 2. The van der Waals surface area contributed by atoms with Crippen LogP contribution in [0.3, 0.4) is 0 Å². The van der Waals surface area contributed by atoms with Gasteiger partial charge in [0.15, 0.2) is 0 Å². The van der Waals surface area contributed by atoms with E-state index in [1.807, 2.05) is 18.2 Å². The Labute approximate surface area is 162 Å². The average molecular weight is 359 g/mol. The third-order valence-electron chi connectivity index (χ3n) is 5.12. The van der Waals surface area contributed by atoms with Crippen molar-refractivity contribution >= 4 is 11.4 Å². The molecule has 148 valence electrons. The van der Waals surface area contributed by atoms with E-state index in [0.29, 0.717) is 0 Å². The minimum Gasteiger partial charge on any atom is -0.399 e. The first-order valence-electron chi connectivity index (χ1n) is 11.0. The standard InChI is InChI=1S/C24H42N2/c1-2-3-4-5-6-7-8-9-10-11-12-13-14-15-16-17-18-22-21-23(25)19-20-24(22)26/h9-10,19-21H,2-8,11-18,25-26H2,1H3/b10-9-. The summed E-state index contributed by atoms with van der Waals surface area (Å²) < 4.78 is 0. The lowest BCUT2D eigenvalue weighted by molar-refractivity contribution is 0.596. The van der Waals surface area contributed by atoms with E-state index in [9.17, 15) is 0 Å². The van der Waals surface area contributed by atoms with Gasteiger partial charge in [-0.1, -0.05) is 76.9 Å². The van der Waals surface area contributed by atoms with E-state index >= 15 is 0 Å².